The van der Waals surface area contributed by atoms with Crippen molar-refractivity contribution in [3.63, 3.8) is 0 Å². The number of rotatable bonds is 6. The summed E-state index contributed by atoms with van der Waals surface area (Å²) in [6.45, 7) is 2.64. The van der Waals surface area contributed by atoms with E-state index in [4.69, 9.17) is 13.9 Å². The summed E-state index contributed by atoms with van der Waals surface area (Å²) in [5.41, 5.74) is 3.89. The maximum absolute atomic E-state index is 12.6. The first-order valence-electron chi connectivity index (χ1n) is 11.6. The summed E-state index contributed by atoms with van der Waals surface area (Å²) in [7, 11) is 1.68. The van der Waals surface area contributed by atoms with Crippen molar-refractivity contribution in [1.82, 2.24) is 10.3 Å². The smallest absolute Gasteiger partial charge is 0.223 e. The van der Waals surface area contributed by atoms with E-state index in [1.807, 2.05) is 31.2 Å². The second-order valence-corrected chi connectivity index (χ2v) is 9.04. The van der Waals surface area contributed by atoms with Gasteiger partial charge < -0.3 is 19.2 Å². The van der Waals surface area contributed by atoms with Crippen LogP contribution in [0, 0.1) is 12.8 Å². The number of aryl methyl sites for hydroxylation is 1. The third-order valence-corrected chi connectivity index (χ3v) is 6.80. The highest BCUT2D eigenvalue weighted by molar-refractivity contribution is 5.80. The number of hydrogen-bond acceptors (Lipinski definition) is 5. The van der Waals surface area contributed by atoms with Crippen molar-refractivity contribution in [2.75, 3.05) is 13.7 Å². The molecule has 6 heteroatoms. The summed E-state index contributed by atoms with van der Waals surface area (Å²) >= 11 is 0. The van der Waals surface area contributed by atoms with Gasteiger partial charge in [-0.15, -0.1) is 0 Å². The van der Waals surface area contributed by atoms with Crippen molar-refractivity contribution in [1.29, 1.82) is 0 Å². The van der Waals surface area contributed by atoms with Gasteiger partial charge in [0.15, 0.2) is 23.0 Å². The minimum atomic E-state index is -0.177. The zero-order valence-corrected chi connectivity index (χ0v) is 18.7. The summed E-state index contributed by atoms with van der Waals surface area (Å²) in [5.74, 6) is 2.29. The Hall–Kier alpha value is -3.02. The van der Waals surface area contributed by atoms with Crippen LogP contribution in [0.15, 0.2) is 40.8 Å². The average Bonchev–Trinajstić information content (AvgIpc) is 3.45. The number of hydrogen-bond donors (Lipinski definition) is 1. The molecule has 0 radical (unpaired) electrons. The zero-order chi connectivity index (χ0) is 22.1. The number of fused-ring (bicyclic) bond motifs is 1. The van der Waals surface area contributed by atoms with Gasteiger partial charge in [-0.1, -0.05) is 18.2 Å². The molecule has 3 aromatic rings. The van der Waals surface area contributed by atoms with Crippen molar-refractivity contribution >= 4 is 17.0 Å². The van der Waals surface area contributed by atoms with Crippen LogP contribution in [0.1, 0.15) is 55.0 Å². The largest absolute Gasteiger partial charge is 0.493 e. The molecule has 2 aliphatic rings. The summed E-state index contributed by atoms with van der Waals surface area (Å²) < 4.78 is 17.8. The molecule has 1 N–H and O–H groups in total. The fourth-order valence-electron chi connectivity index (χ4n) is 4.99. The monoisotopic (exact) mass is 434 g/mol. The van der Waals surface area contributed by atoms with Crippen LogP contribution in [0.25, 0.3) is 11.1 Å². The Kier molecular flexibility index (Phi) is 5.77. The third kappa shape index (κ3) is 4.18. The molecule has 0 bridgehead atoms. The van der Waals surface area contributed by atoms with Gasteiger partial charge in [0.2, 0.25) is 5.91 Å². The van der Waals surface area contributed by atoms with Gasteiger partial charge in [0.1, 0.15) is 5.52 Å². The molecule has 0 unspecified atom stereocenters. The highest BCUT2D eigenvalue weighted by Crippen LogP contribution is 2.37. The van der Waals surface area contributed by atoms with Crippen molar-refractivity contribution in [3.8, 4) is 11.5 Å². The molecule has 168 valence electrons. The molecule has 6 nitrogen and oxygen atoms in total. The van der Waals surface area contributed by atoms with E-state index in [2.05, 4.69) is 22.4 Å². The first-order valence-corrected chi connectivity index (χ1v) is 11.6. The molecule has 2 heterocycles. The van der Waals surface area contributed by atoms with E-state index in [-0.39, 0.29) is 23.8 Å². The second-order valence-electron chi connectivity index (χ2n) is 9.04. The van der Waals surface area contributed by atoms with Crippen LogP contribution < -0.4 is 14.8 Å². The Morgan fingerprint density at radius 2 is 2.00 bits per heavy atom. The fraction of sp³-hybridized carbons (Fsp3) is 0.462. The Bertz CT molecular complexity index is 1120. The normalized spacial score (nSPS) is 21.6. The van der Waals surface area contributed by atoms with Crippen LogP contribution in [0.4, 0.5) is 0 Å². The molecule has 5 rings (SSSR count). The van der Waals surface area contributed by atoms with Crippen molar-refractivity contribution < 1.29 is 18.7 Å². The van der Waals surface area contributed by atoms with Crippen LogP contribution >= 0.6 is 0 Å². The van der Waals surface area contributed by atoms with Gasteiger partial charge in [-0.05, 0) is 68.4 Å². The lowest BCUT2D eigenvalue weighted by atomic mass is 9.83. The standard InChI is InChI=1S/C26H30N2O4/c1-16-6-5-9-22-25(16)28-24(32-22)14-18-12-19(15-27-26(18)29)17-10-11-21(30-2)23(13-17)31-20-7-3-4-8-20/h5-6,9-11,13,18-20H,3-4,7-8,12,14-15H2,1-2H3,(H,27,29)/t18-,19-/m1/s1. The molecule has 2 aromatic carbocycles. The molecule has 32 heavy (non-hydrogen) atoms. The molecular formula is C26H30N2O4. The number of amides is 1. The predicted octanol–water partition coefficient (Wildman–Crippen LogP) is 4.93. The predicted molar refractivity (Wildman–Crippen MR) is 122 cm³/mol. The van der Waals surface area contributed by atoms with Gasteiger partial charge in [0.05, 0.1) is 13.2 Å². The number of carbonyl (C=O) groups excluding carboxylic acids is 1. The molecule has 2 atom stereocenters. The van der Waals surface area contributed by atoms with E-state index >= 15 is 0 Å². The van der Waals surface area contributed by atoms with Crippen molar-refractivity contribution in [2.45, 2.75) is 57.5 Å². The highest BCUT2D eigenvalue weighted by atomic mass is 16.5. The molecule has 1 amide bonds. The zero-order valence-electron chi connectivity index (χ0n) is 18.7. The fourth-order valence-corrected chi connectivity index (χ4v) is 4.99. The van der Waals surface area contributed by atoms with E-state index in [0.717, 1.165) is 53.0 Å². The van der Waals surface area contributed by atoms with Crippen LogP contribution in [0.2, 0.25) is 0 Å². The molecule has 1 aliphatic heterocycles. The quantitative estimate of drug-likeness (QED) is 0.596. The summed E-state index contributed by atoms with van der Waals surface area (Å²) in [6, 6.07) is 12.1. The van der Waals surface area contributed by atoms with Crippen LogP contribution in [-0.4, -0.2) is 30.6 Å². The number of oxazole rings is 1. The molecule has 0 spiro atoms. The Morgan fingerprint density at radius 1 is 1.16 bits per heavy atom. The number of para-hydroxylation sites is 1. The van der Waals surface area contributed by atoms with Gasteiger partial charge >= 0.3 is 0 Å². The number of piperidine rings is 1. The lowest BCUT2D eigenvalue weighted by Crippen LogP contribution is -2.41. The molecule has 2 fully saturated rings. The Morgan fingerprint density at radius 3 is 2.78 bits per heavy atom. The SMILES string of the molecule is COc1ccc([C@H]2CNC(=O)[C@@H](Cc3nc4c(C)cccc4o3)C2)cc1OC1CCCC1. The Labute approximate surface area is 188 Å². The van der Waals surface area contributed by atoms with Gasteiger partial charge in [0, 0.05) is 24.8 Å². The highest BCUT2D eigenvalue weighted by Gasteiger charge is 2.31. The number of methoxy groups -OCH3 is 1. The summed E-state index contributed by atoms with van der Waals surface area (Å²) in [6.07, 6.45) is 6.14. The maximum Gasteiger partial charge on any atom is 0.223 e. The van der Waals surface area contributed by atoms with Crippen LogP contribution in [-0.2, 0) is 11.2 Å². The van der Waals surface area contributed by atoms with E-state index in [1.165, 1.54) is 12.8 Å². The Balaban J connectivity index is 1.34. The minimum Gasteiger partial charge on any atom is -0.493 e. The summed E-state index contributed by atoms with van der Waals surface area (Å²) in [5, 5.41) is 3.09. The molecular weight excluding hydrogens is 404 g/mol. The van der Waals surface area contributed by atoms with E-state index in [9.17, 15) is 4.79 Å². The molecule has 1 aromatic heterocycles. The van der Waals surface area contributed by atoms with Crippen molar-refractivity contribution in [2.24, 2.45) is 5.92 Å². The number of carbonyl (C=O) groups is 1. The van der Waals surface area contributed by atoms with Gasteiger partial charge in [-0.2, -0.15) is 0 Å². The van der Waals surface area contributed by atoms with E-state index in [0.29, 0.717) is 18.9 Å². The third-order valence-electron chi connectivity index (χ3n) is 6.80. The molecule has 1 aliphatic carbocycles. The minimum absolute atomic E-state index is 0.0659. The summed E-state index contributed by atoms with van der Waals surface area (Å²) in [4.78, 5) is 17.3. The number of nitrogens with zero attached hydrogens (tertiary/aromatic N) is 1. The van der Waals surface area contributed by atoms with Gasteiger partial charge in [-0.25, -0.2) is 4.98 Å². The number of benzene rings is 2. The van der Waals surface area contributed by atoms with Gasteiger partial charge in [-0.3, -0.25) is 4.79 Å². The van der Waals surface area contributed by atoms with E-state index in [1.54, 1.807) is 7.11 Å². The topological polar surface area (TPSA) is 73.6 Å². The number of nitrogens with one attached hydrogen (secondary N) is 1. The second kappa shape index (κ2) is 8.85. The van der Waals surface area contributed by atoms with Gasteiger partial charge in [0.25, 0.3) is 0 Å². The number of ether oxygens (including phenoxy) is 2. The molecule has 1 saturated heterocycles. The van der Waals surface area contributed by atoms with Crippen LogP contribution in [0.3, 0.4) is 0 Å². The maximum atomic E-state index is 12.6. The first kappa shape index (κ1) is 20.9. The number of aromatic nitrogens is 1. The average molecular weight is 435 g/mol. The lowest BCUT2D eigenvalue weighted by molar-refractivity contribution is -0.127. The lowest BCUT2D eigenvalue weighted by Gasteiger charge is -2.29. The first-order chi connectivity index (χ1) is 15.6. The molecule has 1 saturated carbocycles. The van der Waals surface area contributed by atoms with Crippen molar-refractivity contribution in [3.05, 3.63) is 53.4 Å². The van der Waals surface area contributed by atoms with Crippen LogP contribution in [0.5, 0.6) is 11.5 Å². The van der Waals surface area contributed by atoms with E-state index < -0.39 is 0 Å².